The number of benzene rings is 2. The summed E-state index contributed by atoms with van der Waals surface area (Å²) in [4.78, 5) is 22.4. The predicted octanol–water partition coefficient (Wildman–Crippen LogP) is -3.26. The molecule has 0 saturated carbocycles. The van der Waals surface area contributed by atoms with Crippen LogP contribution in [-0.2, 0) is 4.57 Å². The van der Waals surface area contributed by atoms with E-state index in [1.807, 2.05) is 19.1 Å². The van der Waals surface area contributed by atoms with E-state index in [2.05, 4.69) is 8.90 Å². The summed E-state index contributed by atoms with van der Waals surface area (Å²) < 4.78 is 36.4. The molecule has 8 nitrogen and oxygen atoms in total. The van der Waals surface area contributed by atoms with Gasteiger partial charge in [0.1, 0.15) is 19.3 Å². The van der Waals surface area contributed by atoms with Crippen molar-refractivity contribution in [1.29, 1.82) is 0 Å². The molecule has 0 radical (unpaired) electrons. The minimum atomic E-state index is -5.26. The molecular weight excluding hydrogens is 451 g/mol. The molecular formula is C18H14NNa2O7PS. The molecule has 30 heavy (non-hydrogen) atoms. The Kier molecular flexibility index (Phi) is 8.87. The molecule has 0 unspecified atom stereocenters. The number of phosphoric ester groups is 1. The van der Waals surface area contributed by atoms with Crippen molar-refractivity contribution < 1.29 is 92.2 Å². The molecule has 0 amide bonds. The standard InChI is InChI=1S/C18H16NO7PS.2Na/c1-10-5-11(6-16-18(10)25-9-24-16)17-14(8-28-19-17)13-4-3-12(23-2)7-15(13)26-27(20,21)22;;/h3-8H,9H2,1-2H3,(H2,20,21,22);;/q;2*+1/p-2. The van der Waals surface area contributed by atoms with E-state index in [0.717, 1.165) is 11.1 Å². The summed E-state index contributed by atoms with van der Waals surface area (Å²) in [7, 11) is -3.83. The average molecular weight is 465 g/mol. The van der Waals surface area contributed by atoms with E-state index >= 15 is 0 Å². The Morgan fingerprint density at radius 1 is 1.13 bits per heavy atom. The third kappa shape index (κ3) is 5.42. The molecule has 0 spiro atoms. The fraction of sp³-hybridized carbons (Fsp3) is 0.167. The molecule has 4 rings (SSSR count). The zero-order valence-electron chi connectivity index (χ0n) is 16.8. The van der Waals surface area contributed by atoms with Crippen LogP contribution in [0.2, 0.25) is 0 Å². The molecule has 12 heteroatoms. The Bertz CT molecular complexity index is 1100. The van der Waals surface area contributed by atoms with Crippen molar-refractivity contribution in [3.05, 3.63) is 41.3 Å². The first kappa shape index (κ1) is 25.7. The third-order valence-electron chi connectivity index (χ3n) is 4.19. The van der Waals surface area contributed by atoms with Gasteiger partial charge in [-0.05, 0) is 48.3 Å². The minimum absolute atomic E-state index is 0. The van der Waals surface area contributed by atoms with Crippen LogP contribution >= 0.6 is 19.4 Å². The number of rotatable bonds is 5. The topological polar surface area (TPSA) is 113 Å². The number of hydrogen-bond donors (Lipinski definition) is 0. The molecule has 3 aromatic rings. The summed E-state index contributed by atoms with van der Waals surface area (Å²) in [6, 6.07) is 8.34. The van der Waals surface area contributed by atoms with Crippen LogP contribution in [-0.4, -0.2) is 18.3 Å². The normalized spacial score (nSPS) is 12.0. The summed E-state index contributed by atoms with van der Waals surface area (Å²) in [5.74, 6) is 1.54. The maximum atomic E-state index is 11.2. The fourth-order valence-corrected chi connectivity index (χ4v) is 4.10. The van der Waals surface area contributed by atoms with Gasteiger partial charge in [0.2, 0.25) is 6.79 Å². The van der Waals surface area contributed by atoms with Gasteiger partial charge in [0.15, 0.2) is 11.5 Å². The first-order valence-electron chi connectivity index (χ1n) is 8.11. The van der Waals surface area contributed by atoms with E-state index in [4.69, 9.17) is 14.2 Å². The van der Waals surface area contributed by atoms with E-state index in [1.54, 1.807) is 17.5 Å². The molecule has 1 aliphatic rings. The number of ether oxygens (including phenoxy) is 3. The van der Waals surface area contributed by atoms with Gasteiger partial charge in [-0.2, -0.15) is 4.37 Å². The van der Waals surface area contributed by atoms with E-state index in [1.165, 1.54) is 24.7 Å². The number of nitrogens with zero attached hydrogens (tertiary/aromatic N) is 1. The molecule has 1 aliphatic heterocycles. The van der Waals surface area contributed by atoms with Crippen LogP contribution in [0.15, 0.2) is 35.7 Å². The zero-order valence-corrected chi connectivity index (χ0v) is 22.5. The molecule has 2 heterocycles. The van der Waals surface area contributed by atoms with Gasteiger partial charge in [-0.1, -0.05) is 0 Å². The number of hydrogen-bond acceptors (Lipinski definition) is 9. The van der Waals surface area contributed by atoms with Crippen LogP contribution in [0.5, 0.6) is 23.0 Å². The van der Waals surface area contributed by atoms with Crippen LogP contribution < -0.4 is 87.6 Å². The van der Waals surface area contributed by atoms with Gasteiger partial charge in [-0.15, -0.1) is 0 Å². The Morgan fingerprint density at radius 3 is 2.60 bits per heavy atom. The van der Waals surface area contributed by atoms with Crippen molar-refractivity contribution >= 4 is 19.4 Å². The van der Waals surface area contributed by atoms with Crippen LogP contribution in [0.3, 0.4) is 0 Å². The second-order valence-electron chi connectivity index (χ2n) is 6.00. The van der Waals surface area contributed by atoms with Crippen LogP contribution in [0.25, 0.3) is 22.4 Å². The van der Waals surface area contributed by atoms with Crippen molar-refractivity contribution in [1.82, 2.24) is 4.37 Å². The first-order chi connectivity index (χ1) is 13.4. The quantitative estimate of drug-likeness (QED) is 0.285. The second kappa shape index (κ2) is 10.4. The van der Waals surface area contributed by atoms with Gasteiger partial charge < -0.3 is 33.1 Å². The molecule has 2 aromatic carbocycles. The second-order valence-corrected chi connectivity index (χ2v) is 7.71. The van der Waals surface area contributed by atoms with E-state index < -0.39 is 7.82 Å². The third-order valence-corrected chi connectivity index (χ3v) is 5.24. The smallest absolute Gasteiger partial charge is 0.780 e. The van der Waals surface area contributed by atoms with E-state index in [0.29, 0.717) is 34.1 Å². The minimum Gasteiger partial charge on any atom is -0.780 e. The van der Waals surface area contributed by atoms with Crippen molar-refractivity contribution in [3.8, 4) is 45.4 Å². The average Bonchev–Trinajstić information content (AvgIpc) is 3.29. The molecule has 0 aliphatic carbocycles. The van der Waals surface area contributed by atoms with Gasteiger partial charge >= 0.3 is 59.1 Å². The van der Waals surface area contributed by atoms with Crippen LogP contribution in [0, 0.1) is 6.92 Å². The summed E-state index contributed by atoms with van der Waals surface area (Å²) in [6.07, 6.45) is 0. The molecule has 0 fully saturated rings. The molecule has 0 N–H and O–H groups in total. The van der Waals surface area contributed by atoms with Crippen molar-refractivity contribution in [2.75, 3.05) is 13.9 Å². The number of methoxy groups -OCH3 is 1. The van der Waals surface area contributed by atoms with Gasteiger partial charge in [0.05, 0.1) is 12.8 Å². The number of aryl methyl sites for hydroxylation is 1. The molecule has 0 bridgehead atoms. The summed E-state index contributed by atoms with van der Waals surface area (Å²) >= 11 is 1.20. The SMILES string of the molecule is COc1ccc(-c2csnc2-c2cc(C)c3c(c2)OCO3)c(OP(=O)([O-])[O-])c1.[Na+].[Na+]. The van der Waals surface area contributed by atoms with Gasteiger partial charge in [-0.25, -0.2) is 0 Å². The molecule has 0 saturated heterocycles. The van der Waals surface area contributed by atoms with Crippen molar-refractivity contribution in [2.45, 2.75) is 6.92 Å². The molecule has 0 atom stereocenters. The molecule has 146 valence electrons. The number of aromatic nitrogens is 1. The maximum absolute atomic E-state index is 11.2. The maximum Gasteiger partial charge on any atom is 1.00 e. The summed E-state index contributed by atoms with van der Waals surface area (Å²) in [6.45, 7) is 2.05. The van der Waals surface area contributed by atoms with E-state index in [9.17, 15) is 14.4 Å². The summed E-state index contributed by atoms with van der Waals surface area (Å²) in [5.41, 5.74) is 3.29. The summed E-state index contributed by atoms with van der Waals surface area (Å²) in [5, 5.41) is 1.75. The van der Waals surface area contributed by atoms with Gasteiger partial charge in [0.25, 0.3) is 0 Å². The van der Waals surface area contributed by atoms with Crippen LogP contribution in [0.1, 0.15) is 5.56 Å². The Labute approximate surface area is 221 Å². The Balaban J connectivity index is 0.00000160. The molecule has 1 aromatic heterocycles. The Morgan fingerprint density at radius 2 is 1.90 bits per heavy atom. The fourth-order valence-electron chi connectivity index (χ4n) is 3.01. The van der Waals surface area contributed by atoms with Crippen molar-refractivity contribution in [2.24, 2.45) is 0 Å². The monoisotopic (exact) mass is 465 g/mol. The first-order valence-corrected chi connectivity index (χ1v) is 10.4. The largest absolute Gasteiger partial charge is 1.00 e. The zero-order chi connectivity index (χ0) is 19.9. The van der Waals surface area contributed by atoms with Gasteiger partial charge in [0, 0.05) is 28.1 Å². The Hall–Kier alpha value is -0.580. The van der Waals surface area contributed by atoms with Crippen LogP contribution in [0.4, 0.5) is 0 Å². The van der Waals surface area contributed by atoms with Gasteiger partial charge in [-0.3, -0.25) is 0 Å². The number of phosphoric acid groups is 1. The van der Waals surface area contributed by atoms with E-state index in [-0.39, 0.29) is 71.7 Å². The van der Waals surface area contributed by atoms with Crippen molar-refractivity contribution in [3.63, 3.8) is 0 Å². The predicted molar refractivity (Wildman–Crippen MR) is 98.6 cm³/mol. The number of fused-ring (bicyclic) bond motifs is 1.